The van der Waals surface area contributed by atoms with Crippen LogP contribution in [0.5, 0.6) is 0 Å². The molecule has 0 fully saturated rings. The smallest absolute Gasteiger partial charge is 0.265 e. The molecule has 0 bridgehead atoms. The summed E-state index contributed by atoms with van der Waals surface area (Å²) in [5, 5.41) is 0. The third-order valence-electron chi connectivity index (χ3n) is 5.10. The second kappa shape index (κ2) is 11.1. The summed E-state index contributed by atoms with van der Waals surface area (Å²) in [4.78, 5) is 12.2. The Bertz CT molecular complexity index is 1210. The van der Waals surface area contributed by atoms with Crippen molar-refractivity contribution in [2.75, 3.05) is 6.26 Å². The summed E-state index contributed by atoms with van der Waals surface area (Å²) in [5.74, 6) is -0.130. The second-order valence-electron chi connectivity index (χ2n) is 8.25. The number of nitrogens with one attached hydrogen (secondary N) is 1. The highest BCUT2D eigenvalue weighted by Crippen LogP contribution is 2.17. The third-order valence-corrected chi connectivity index (χ3v) is 5.66. The molecule has 0 atom stereocenters. The van der Waals surface area contributed by atoms with E-state index < -0.39 is 15.9 Å². The standard InChI is InChI=1S/C27H29NO4S/c1-20(2)24-15-13-23(14-16-24)19-32-18-22-10-8-21(9-11-22)12-17-25-6-4-5-7-26(25)27(29)28-33(3,30)31/h4-17,20H,18-19H2,1-3H3,(H,28,29)/b17-12+. The minimum absolute atomic E-state index is 0.297. The molecule has 1 amide bonds. The van der Waals surface area contributed by atoms with Crippen LogP contribution in [0.15, 0.2) is 72.8 Å². The van der Waals surface area contributed by atoms with Gasteiger partial charge in [-0.05, 0) is 39.8 Å². The van der Waals surface area contributed by atoms with E-state index in [1.807, 2.05) is 35.1 Å². The molecule has 0 aromatic heterocycles. The van der Waals surface area contributed by atoms with Crippen LogP contribution in [0.25, 0.3) is 12.2 Å². The van der Waals surface area contributed by atoms with Gasteiger partial charge in [-0.15, -0.1) is 0 Å². The summed E-state index contributed by atoms with van der Waals surface area (Å²) in [7, 11) is -3.63. The summed E-state index contributed by atoms with van der Waals surface area (Å²) in [6.07, 6.45) is 4.63. The van der Waals surface area contributed by atoms with Gasteiger partial charge in [0.15, 0.2) is 0 Å². The Hall–Kier alpha value is -3.22. The number of carbonyl (C=O) groups excluding carboxylic acids is 1. The van der Waals surface area contributed by atoms with Gasteiger partial charge >= 0.3 is 0 Å². The molecule has 33 heavy (non-hydrogen) atoms. The zero-order valence-corrected chi connectivity index (χ0v) is 19.9. The van der Waals surface area contributed by atoms with Crippen molar-refractivity contribution in [3.05, 3.63) is 106 Å². The maximum atomic E-state index is 12.2. The molecule has 0 spiro atoms. The number of ether oxygens (including phenoxy) is 1. The fraction of sp³-hybridized carbons (Fsp3) is 0.222. The van der Waals surface area contributed by atoms with Gasteiger partial charge in [0.1, 0.15) is 0 Å². The molecule has 6 heteroatoms. The number of rotatable bonds is 9. The van der Waals surface area contributed by atoms with E-state index in [-0.39, 0.29) is 0 Å². The van der Waals surface area contributed by atoms with E-state index >= 15 is 0 Å². The Morgan fingerprint density at radius 2 is 1.45 bits per heavy atom. The van der Waals surface area contributed by atoms with Crippen LogP contribution in [0, 0.1) is 0 Å². The van der Waals surface area contributed by atoms with Crippen LogP contribution < -0.4 is 4.72 Å². The lowest BCUT2D eigenvalue weighted by atomic mass is 10.0. The fourth-order valence-corrected chi connectivity index (χ4v) is 3.72. The van der Waals surface area contributed by atoms with Gasteiger partial charge in [-0.2, -0.15) is 0 Å². The molecule has 1 N–H and O–H groups in total. The van der Waals surface area contributed by atoms with Crippen LogP contribution in [-0.4, -0.2) is 20.6 Å². The lowest BCUT2D eigenvalue weighted by Crippen LogP contribution is -2.29. The van der Waals surface area contributed by atoms with Crippen molar-refractivity contribution in [3.8, 4) is 0 Å². The van der Waals surface area contributed by atoms with Gasteiger partial charge in [0.2, 0.25) is 10.0 Å². The summed E-state index contributed by atoms with van der Waals surface area (Å²) < 4.78 is 30.6. The van der Waals surface area contributed by atoms with E-state index in [1.54, 1.807) is 30.3 Å². The first-order valence-electron chi connectivity index (χ1n) is 10.8. The minimum atomic E-state index is -3.63. The number of amides is 1. The number of benzene rings is 3. The van der Waals surface area contributed by atoms with Crippen molar-refractivity contribution in [3.63, 3.8) is 0 Å². The lowest BCUT2D eigenvalue weighted by molar-refractivity contribution is 0.0981. The normalized spacial score (nSPS) is 11.8. The molecular weight excluding hydrogens is 434 g/mol. The SMILES string of the molecule is CC(C)c1ccc(COCc2ccc(/C=C/c3ccccc3C(=O)NS(C)(=O)=O)cc2)cc1. The molecule has 0 saturated heterocycles. The first-order chi connectivity index (χ1) is 15.7. The first kappa shape index (κ1) is 24.4. The number of carbonyl (C=O) groups is 1. The number of sulfonamides is 1. The highest BCUT2D eigenvalue weighted by molar-refractivity contribution is 7.89. The van der Waals surface area contributed by atoms with Crippen LogP contribution in [0.1, 0.15) is 57.9 Å². The zero-order chi connectivity index (χ0) is 23.8. The quantitative estimate of drug-likeness (QED) is 0.432. The van der Waals surface area contributed by atoms with Gasteiger partial charge in [-0.3, -0.25) is 4.79 Å². The van der Waals surface area contributed by atoms with E-state index in [0.29, 0.717) is 30.3 Å². The molecule has 0 aliphatic carbocycles. The largest absolute Gasteiger partial charge is 0.372 e. The summed E-state index contributed by atoms with van der Waals surface area (Å²) in [5.41, 5.74) is 5.43. The molecule has 3 aromatic carbocycles. The van der Waals surface area contributed by atoms with Crippen molar-refractivity contribution < 1.29 is 17.9 Å². The van der Waals surface area contributed by atoms with E-state index in [4.69, 9.17) is 4.74 Å². The Morgan fingerprint density at radius 1 is 0.879 bits per heavy atom. The average Bonchev–Trinajstić information content (AvgIpc) is 2.78. The van der Waals surface area contributed by atoms with Crippen LogP contribution >= 0.6 is 0 Å². The van der Waals surface area contributed by atoms with Gasteiger partial charge in [-0.1, -0.05) is 92.7 Å². The monoisotopic (exact) mass is 463 g/mol. The average molecular weight is 464 g/mol. The molecule has 3 rings (SSSR count). The van der Waals surface area contributed by atoms with E-state index in [1.165, 1.54) is 5.56 Å². The van der Waals surface area contributed by atoms with Crippen molar-refractivity contribution in [2.24, 2.45) is 0 Å². The Balaban J connectivity index is 1.58. The van der Waals surface area contributed by atoms with E-state index in [2.05, 4.69) is 38.1 Å². The molecule has 5 nitrogen and oxygen atoms in total. The van der Waals surface area contributed by atoms with Crippen molar-refractivity contribution in [1.29, 1.82) is 0 Å². The third kappa shape index (κ3) is 7.70. The Morgan fingerprint density at radius 3 is 2.03 bits per heavy atom. The van der Waals surface area contributed by atoms with Crippen LogP contribution in [0.2, 0.25) is 0 Å². The summed E-state index contributed by atoms with van der Waals surface area (Å²) in [6, 6.07) is 23.3. The lowest BCUT2D eigenvalue weighted by Gasteiger charge is -2.08. The fourth-order valence-electron chi connectivity index (χ4n) is 3.27. The van der Waals surface area contributed by atoms with Crippen LogP contribution in [0.4, 0.5) is 0 Å². The highest BCUT2D eigenvalue weighted by atomic mass is 32.2. The maximum absolute atomic E-state index is 12.2. The highest BCUT2D eigenvalue weighted by Gasteiger charge is 2.13. The molecule has 0 heterocycles. The predicted octanol–water partition coefficient (Wildman–Crippen LogP) is 5.39. The first-order valence-corrected chi connectivity index (χ1v) is 12.6. The number of hydrogen-bond acceptors (Lipinski definition) is 4. The Labute approximate surface area is 196 Å². The molecule has 172 valence electrons. The second-order valence-corrected chi connectivity index (χ2v) is 10.0. The molecular formula is C27H29NO4S. The van der Waals surface area contributed by atoms with E-state index in [0.717, 1.165) is 22.9 Å². The predicted molar refractivity (Wildman–Crippen MR) is 133 cm³/mol. The van der Waals surface area contributed by atoms with Crippen LogP contribution in [0.3, 0.4) is 0 Å². The topological polar surface area (TPSA) is 72.5 Å². The summed E-state index contributed by atoms with van der Waals surface area (Å²) in [6.45, 7) is 5.44. The summed E-state index contributed by atoms with van der Waals surface area (Å²) >= 11 is 0. The van der Waals surface area contributed by atoms with Gasteiger partial charge in [0.25, 0.3) is 5.91 Å². The van der Waals surface area contributed by atoms with Crippen LogP contribution in [-0.2, 0) is 28.0 Å². The molecule has 0 aliphatic rings. The van der Waals surface area contributed by atoms with Gasteiger partial charge in [-0.25, -0.2) is 13.1 Å². The Kier molecular flexibility index (Phi) is 8.20. The molecule has 0 radical (unpaired) electrons. The molecule has 0 aliphatic heterocycles. The molecule has 0 unspecified atom stereocenters. The number of hydrogen-bond donors (Lipinski definition) is 1. The van der Waals surface area contributed by atoms with Crippen molar-refractivity contribution in [1.82, 2.24) is 4.72 Å². The van der Waals surface area contributed by atoms with Gasteiger partial charge in [0.05, 0.1) is 19.5 Å². The molecule has 0 saturated carbocycles. The van der Waals surface area contributed by atoms with Crippen molar-refractivity contribution >= 4 is 28.1 Å². The maximum Gasteiger partial charge on any atom is 0.265 e. The minimum Gasteiger partial charge on any atom is -0.372 e. The van der Waals surface area contributed by atoms with Gasteiger partial charge < -0.3 is 4.74 Å². The van der Waals surface area contributed by atoms with Crippen molar-refractivity contribution in [2.45, 2.75) is 33.0 Å². The zero-order valence-electron chi connectivity index (χ0n) is 19.1. The van der Waals surface area contributed by atoms with E-state index in [9.17, 15) is 13.2 Å². The van der Waals surface area contributed by atoms with Gasteiger partial charge in [0, 0.05) is 5.56 Å². The molecule has 3 aromatic rings.